The van der Waals surface area contributed by atoms with Gasteiger partial charge in [0.2, 0.25) is 0 Å². The first kappa shape index (κ1) is 20.1. The van der Waals surface area contributed by atoms with E-state index in [9.17, 15) is 4.79 Å². The second-order valence-corrected chi connectivity index (χ2v) is 7.18. The minimum atomic E-state index is -0.0340. The molecule has 1 aromatic heterocycles. The second kappa shape index (κ2) is 10.6. The van der Waals surface area contributed by atoms with E-state index in [-0.39, 0.29) is 18.1 Å². The van der Waals surface area contributed by atoms with Gasteiger partial charge >= 0.3 is 6.01 Å². The number of aromatic nitrogens is 2. The smallest absolute Gasteiger partial charge is 0.316 e. The number of ether oxygens (including phenoxy) is 2. The van der Waals surface area contributed by atoms with E-state index in [1.165, 1.54) is 12.8 Å². The summed E-state index contributed by atoms with van der Waals surface area (Å²) < 4.78 is 11.5. The molecular weight excluding hydrogens is 354 g/mol. The van der Waals surface area contributed by atoms with Crippen LogP contribution in [0.4, 0.5) is 0 Å². The Morgan fingerprint density at radius 2 is 1.79 bits per heavy atom. The maximum Gasteiger partial charge on any atom is 0.316 e. The van der Waals surface area contributed by atoms with E-state index in [4.69, 9.17) is 9.47 Å². The molecule has 2 aromatic rings. The third kappa shape index (κ3) is 6.22. The van der Waals surface area contributed by atoms with Gasteiger partial charge in [-0.2, -0.15) is 0 Å². The fourth-order valence-corrected chi connectivity index (χ4v) is 3.33. The molecular formula is C22H29N3O3. The molecule has 0 spiro atoms. The molecule has 1 amide bonds. The lowest BCUT2D eigenvalue weighted by Crippen LogP contribution is -2.39. The van der Waals surface area contributed by atoms with Crippen LogP contribution in [0.25, 0.3) is 0 Å². The molecule has 0 unspecified atom stereocenters. The Balaban J connectivity index is 1.40. The minimum Gasteiger partial charge on any atom is -0.494 e. The predicted octanol–water partition coefficient (Wildman–Crippen LogP) is 4.17. The molecule has 0 saturated heterocycles. The van der Waals surface area contributed by atoms with Crippen molar-refractivity contribution < 1.29 is 14.3 Å². The zero-order chi connectivity index (χ0) is 19.6. The van der Waals surface area contributed by atoms with Crippen LogP contribution in [0.3, 0.4) is 0 Å². The number of amides is 1. The molecule has 1 fully saturated rings. The van der Waals surface area contributed by atoms with E-state index in [1.807, 2.05) is 24.3 Å². The lowest BCUT2D eigenvalue weighted by molar-refractivity contribution is 0.0885. The highest BCUT2D eigenvalue weighted by atomic mass is 16.5. The Hall–Kier alpha value is -2.63. The fourth-order valence-electron chi connectivity index (χ4n) is 3.33. The molecule has 1 aliphatic rings. The van der Waals surface area contributed by atoms with Gasteiger partial charge in [-0.25, -0.2) is 9.97 Å². The van der Waals surface area contributed by atoms with E-state index >= 15 is 0 Å². The maximum absolute atomic E-state index is 12.5. The molecule has 1 heterocycles. The Morgan fingerprint density at radius 3 is 2.46 bits per heavy atom. The first-order valence-corrected chi connectivity index (χ1v) is 10.2. The molecule has 6 heteroatoms. The summed E-state index contributed by atoms with van der Waals surface area (Å²) in [6.45, 7) is 2.89. The highest BCUT2D eigenvalue weighted by Gasteiger charge is 2.24. The lowest BCUT2D eigenvalue weighted by Gasteiger charge is -2.28. The van der Waals surface area contributed by atoms with Crippen LogP contribution in [0.2, 0.25) is 0 Å². The first-order valence-electron chi connectivity index (χ1n) is 10.2. The van der Waals surface area contributed by atoms with Gasteiger partial charge in [0.15, 0.2) is 0 Å². The monoisotopic (exact) mass is 383 g/mol. The van der Waals surface area contributed by atoms with Crippen LogP contribution in [0.1, 0.15) is 62.2 Å². The van der Waals surface area contributed by atoms with Crippen molar-refractivity contribution in [3.05, 3.63) is 48.3 Å². The molecule has 6 nitrogen and oxygen atoms in total. The predicted molar refractivity (Wildman–Crippen MR) is 108 cm³/mol. The van der Waals surface area contributed by atoms with Crippen molar-refractivity contribution in [2.45, 2.75) is 64.0 Å². The standard InChI is InChI=1S/C22H29N3O3/c1-2-3-4-16-27-19-10-6-17(7-11-19)21(26)25-18-8-12-20(13-9-18)28-22-23-14-5-15-24-22/h5-7,10-11,14-15,18,20H,2-4,8-9,12-13,16H2,1H3,(H,25,26). The number of benzene rings is 1. The number of nitrogens with one attached hydrogen (secondary N) is 1. The van der Waals surface area contributed by atoms with E-state index in [1.54, 1.807) is 18.5 Å². The molecule has 1 saturated carbocycles. The van der Waals surface area contributed by atoms with Crippen LogP contribution in [0.15, 0.2) is 42.7 Å². The van der Waals surface area contributed by atoms with Crippen LogP contribution in [0, 0.1) is 0 Å². The summed E-state index contributed by atoms with van der Waals surface area (Å²) in [7, 11) is 0. The van der Waals surface area contributed by atoms with Gasteiger partial charge in [-0.1, -0.05) is 19.8 Å². The van der Waals surface area contributed by atoms with Gasteiger partial charge in [-0.15, -0.1) is 0 Å². The second-order valence-electron chi connectivity index (χ2n) is 7.18. The van der Waals surface area contributed by atoms with Crippen LogP contribution in [-0.2, 0) is 0 Å². The Labute approximate surface area is 166 Å². The number of nitrogens with zero attached hydrogens (tertiary/aromatic N) is 2. The Morgan fingerprint density at radius 1 is 1.07 bits per heavy atom. The summed E-state index contributed by atoms with van der Waals surface area (Å²) in [5.74, 6) is 0.779. The van der Waals surface area contributed by atoms with Gasteiger partial charge in [0.05, 0.1) is 6.61 Å². The van der Waals surface area contributed by atoms with Gasteiger partial charge in [0, 0.05) is 24.0 Å². The van der Waals surface area contributed by atoms with Crippen molar-refractivity contribution >= 4 is 5.91 Å². The molecule has 0 atom stereocenters. The summed E-state index contributed by atoms with van der Waals surface area (Å²) in [5, 5.41) is 3.13. The molecule has 28 heavy (non-hydrogen) atoms. The molecule has 1 N–H and O–H groups in total. The van der Waals surface area contributed by atoms with Gasteiger partial charge in [-0.3, -0.25) is 4.79 Å². The van der Waals surface area contributed by atoms with E-state index < -0.39 is 0 Å². The van der Waals surface area contributed by atoms with E-state index in [0.717, 1.165) is 44.5 Å². The average Bonchev–Trinajstić information content (AvgIpc) is 2.74. The van der Waals surface area contributed by atoms with Gasteiger partial charge in [0.1, 0.15) is 11.9 Å². The van der Waals surface area contributed by atoms with Crippen LogP contribution < -0.4 is 14.8 Å². The summed E-state index contributed by atoms with van der Waals surface area (Å²) in [6, 6.07) is 9.75. The van der Waals surface area contributed by atoms with Crippen molar-refractivity contribution in [1.29, 1.82) is 0 Å². The van der Waals surface area contributed by atoms with Gasteiger partial charge in [0.25, 0.3) is 5.91 Å². The quantitative estimate of drug-likeness (QED) is 0.658. The number of hydrogen-bond donors (Lipinski definition) is 1. The summed E-state index contributed by atoms with van der Waals surface area (Å²) in [5.41, 5.74) is 0.664. The maximum atomic E-state index is 12.5. The van der Waals surface area contributed by atoms with Crippen molar-refractivity contribution in [2.24, 2.45) is 0 Å². The van der Waals surface area contributed by atoms with Crippen LogP contribution >= 0.6 is 0 Å². The highest BCUT2D eigenvalue weighted by Crippen LogP contribution is 2.22. The number of carbonyl (C=O) groups is 1. The largest absolute Gasteiger partial charge is 0.494 e. The minimum absolute atomic E-state index is 0.0340. The molecule has 150 valence electrons. The number of rotatable bonds is 9. The number of hydrogen-bond acceptors (Lipinski definition) is 5. The third-order valence-electron chi connectivity index (χ3n) is 4.96. The highest BCUT2D eigenvalue weighted by molar-refractivity contribution is 5.94. The third-order valence-corrected chi connectivity index (χ3v) is 4.96. The van der Waals surface area contributed by atoms with Crippen molar-refractivity contribution in [3.63, 3.8) is 0 Å². The molecule has 0 bridgehead atoms. The lowest BCUT2D eigenvalue weighted by atomic mass is 9.92. The Bertz CT molecular complexity index is 714. The summed E-state index contributed by atoms with van der Waals surface area (Å²) >= 11 is 0. The number of carbonyl (C=O) groups excluding carboxylic acids is 1. The summed E-state index contributed by atoms with van der Waals surface area (Å²) in [6.07, 6.45) is 10.4. The van der Waals surface area contributed by atoms with Gasteiger partial charge in [-0.05, 0) is 62.4 Å². The van der Waals surface area contributed by atoms with E-state index in [2.05, 4.69) is 22.2 Å². The zero-order valence-corrected chi connectivity index (χ0v) is 16.5. The normalized spacial score (nSPS) is 19.0. The van der Waals surface area contributed by atoms with Crippen molar-refractivity contribution in [3.8, 4) is 11.8 Å². The molecule has 1 aromatic carbocycles. The summed E-state index contributed by atoms with van der Waals surface area (Å²) in [4.78, 5) is 20.7. The number of unbranched alkanes of at least 4 members (excludes halogenated alkanes) is 2. The molecule has 3 rings (SSSR count). The Kier molecular flexibility index (Phi) is 7.64. The SMILES string of the molecule is CCCCCOc1ccc(C(=O)NC2CCC(Oc3ncccn3)CC2)cc1. The van der Waals surface area contributed by atoms with E-state index in [0.29, 0.717) is 11.6 Å². The molecule has 1 aliphatic carbocycles. The first-order chi connectivity index (χ1) is 13.7. The van der Waals surface area contributed by atoms with Crippen LogP contribution in [-0.4, -0.2) is 34.6 Å². The van der Waals surface area contributed by atoms with Crippen LogP contribution in [0.5, 0.6) is 11.8 Å². The average molecular weight is 383 g/mol. The molecule has 0 aliphatic heterocycles. The topological polar surface area (TPSA) is 73.3 Å². The van der Waals surface area contributed by atoms with Crippen molar-refractivity contribution in [1.82, 2.24) is 15.3 Å². The van der Waals surface area contributed by atoms with Gasteiger partial charge < -0.3 is 14.8 Å². The van der Waals surface area contributed by atoms with Crippen molar-refractivity contribution in [2.75, 3.05) is 6.61 Å². The zero-order valence-electron chi connectivity index (χ0n) is 16.5. The molecule has 0 radical (unpaired) electrons. The fraction of sp³-hybridized carbons (Fsp3) is 0.500.